The van der Waals surface area contributed by atoms with Crippen molar-refractivity contribution in [2.75, 3.05) is 6.61 Å². The first-order valence-corrected chi connectivity index (χ1v) is 10.6. The molecule has 8 heteroatoms. The summed E-state index contributed by atoms with van der Waals surface area (Å²) < 4.78 is 7.28. The molecule has 0 saturated carbocycles. The van der Waals surface area contributed by atoms with E-state index in [1.54, 1.807) is 0 Å². The van der Waals surface area contributed by atoms with Gasteiger partial charge in [0.1, 0.15) is 12.6 Å². The van der Waals surface area contributed by atoms with E-state index in [9.17, 15) is 19.5 Å². The Morgan fingerprint density at radius 2 is 1.64 bits per heavy atom. The van der Waals surface area contributed by atoms with Crippen LogP contribution in [0.4, 0.5) is 4.79 Å². The highest BCUT2D eigenvalue weighted by Gasteiger charge is 2.30. The molecule has 1 heterocycles. The van der Waals surface area contributed by atoms with E-state index >= 15 is 0 Å². The Bertz CT molecular complexity index is 1140. The Morgan fingerprint density at radius 3 is 2.21 bits per heavy atom. The molecule has 4 rings (SSSR count). The van der Waals surface area contributed by atoms with Crippen LogP contribution in [0.5, 0.6) is 0 Å². The summed E-state index contributed by atoms with van der Waals surface area (Å²) in [6.45, 7) is 0.287. The summed E-state index contributed by atoms with van der Waals surface area (Å²) >= 11 is 0. The zero-order valence-corrected chi connectivity index (χ0v) is 18.2. The van der Waals surface area contributed by atoms with Crippen LogP contribution in [0.15, 0.2) is 66.9 Å². The molecule has 1 aliphatic rings. The monoisotopic (exact) mass is 447 g/mol. The van der Waals surface area contributed by atoms with Gasteiger partial charge in [0, 0.05) is 24.9 Å². The van der Waals surface area contributed by atoms with Crippen molar-refractivity contribution < 1.29 is 24.2 Å². The summed E-state index contributed by atoms with van der Waals surface area (Å²) in [5, 5.41) is 14.3. The van der Waals surface area contributed by atoms with Crippen LogP contribution in [-0.2, 0) is 27.9 Å². The second-order valence-corrected chi connectivity index (χ2v) is 7.95. The third-order valence-electron chi connectivity index (χ3n) is 5.83. The minimum absolute atomic E-state index is 0.0740. The molecule has 3 aromatic rings. The standard InChI is InChI=1S/C25H25N3O5/c1-28-12-6-7-16(28)14-26-24(31)22(13-23(29)30)27-25(32)33-15-21-19-10-4-2-8-17(19)18-9-3-5-11-20(18)21/h2-12,21-22H,13-15H2,1H3,(H,26,31)(H,27,32)(H,29,30). The first kappa shape index (κ1) is 22.1. The highest BCUT2D eigenvalue weighted by molar-refractivity contribution is 5.89. The summed E-state index contributed by atoms with van der Waals surface area (Å²) in [4.78, 5) is 36.3. The zero-order valence-electron chi connectivity index (χ0n) is 18.2. The fourth-order valence-electron chi connectivity index (χ4n) is 4.15. The van der Waals surface area contributed by atoms with Crippen molar-refractivity contribution in [2.45, 2.75) is 24.9 Å². The van der Waals surface area contributed by atoms with Gasteiger partial charge in [-0.2, -0.15) is 0 Å². The normalized spacial score (nSPS) is 13.0. The summed E-state index contributed by atoms with van der Waals surface area (Å²) in [6, 6.07) is 18.3. The number of nitrogens with zero attached hydrogens (tertiary/aromatic N) is 1. The molecule has 0 saturated heterocycles. The van der Waals surface area contributed by atoms with E-state index in [0.29, 0.717) is 0 Å². The molecule has 2 amide bonds. The van der Waals surface area contributed by atoms with Crippen molar-refractivity contribution in [3.05, 3.63) is 83.7 Å². The van der Waals surface area contributed by atoms with E-state index < -0.39 is 30.4 Å². The average molecular weight is 447 g/mol. The number of alkyl carbamates (subject to hydrolysis) is 1. The predicted molar refractivity (Wildman–Crippen MR) is 122 cm³/mol. The number of aryl methyl sites for hydroxylation is 1. The molecule has 0 aliphatic heterocycles. The molecule has 0 spiro atoms. The van der Waals surface area contributed by atoms with Gasteiger partial charge in [-0.05, 0) is 34.4 Å². The van der Waals surface area contributed by atoms with Gasteiger partial charge in [0.25, 0.3) is 0 Å². The average Bonchev–Trinajstić information content (AvgIpc) is 3.36. The Hall–Kier alpha value is -4.07. The first-order chi connectivity index (χ1) is 15.9. The molecule has 1 atom stereocenters. The van der Waals surface area contributed by atoms with Gasteiger partial charge in [-0.25, -0.2) is 4.79 Å². The molecule has 1 unspecified atom stereocenters. The van der Waals surface area contributed by atoms with Crippen LogP contribution in [-0.4, -0.2) is 40.3 Å². The number of fused-ring (bicyclic) bond motifs is 3. The van der Waals surface area contributed by atoms with Crippen molar-refractivity contribution >= 4 is 18.0 Å². The molecular formula is C25H25N3O5. The number of aliphatic carboxylic acids is 1. The number of carboxylic acid groups (broad SMARTS) is 1. The number of benzene rings is 2. The predicted octanol–water partition coefficient (Wildman–Crippen LogP) is 3.02. The number of rotatable bonds is 8. The Balaban J connectivity index is 1.39. The molecular weight excluding hydrogens is 422 g/mol. The van der Waals surface area contributed by atoms with Gasteiger partial charge in [-0.1, -0.05) is 48.5 Å². The third-order valence-corrected chi connectivity index (χ3v) is 5.83. The summed E-state index contributed by atoms with van der Waals surface area (Å²) in [5.74, 6) is -1.92. The zero-order chi connectivity index (χ0) is 23.4. The number of carbonyl (C=O) groups excluding carboxylic acids is 2. The fraction of sp³-hybridized carbons (Fsp3) is 0.240. The van der Waals surface area contributed by atoms with E-state index in [0.717, 1.165) is 27.9 Å². The highest BCUT2D eigenvalue weighted by Crippen LogP contribution is 2.44. The molecule has 33 heavy (non-hydrogen) atoms. The Labute approximate surface area is 191 Å². The lowest BCUT2D eigenvalue weighted by atomic mass is 9.98. The second-order valence-electron chi connectivity index (χ2n) is 7.95. The van der Waals surface area contributed by atoms with Crippen molar-refractivity contribution in [3.63, 3.8) is 0 Å². The molecule has 3 N–H and O–H groups in total. The third kappa shape index (κ3) is 4.90. The molecule has 1 aliphatic carbocycles. The molecule has 0 fully saturated rings. The van der Waals surface area contributed by atoms with E-state index in [4.69, 9.17) is 4.74 Å². The van der Waals surface area contributed by atoms with Crippen LogP contribution < -0.4 is 10.6 Å². The smallest absolute Gasteiger partial charge is 0.407 e. The van der Waals surface area contributed by atoms with Crippen LogP contribution >= 0.6 is 0 Å². The number of hydrogen-bond acceptors (Lipinski definition) is 4. The van der Waals surface area contributed by atoms with Crippen molar-refractivity contribution in [2.24, 2.45) is 7.05 Å². The largest absolute Gasteiger partial charge is 0.481 e. The van der Waals surface area contributed by atoms with Gasteiger partial charge in [0.05, 0.1) is 13.0 Å². The lowest BCUT2D eigenvalue weighted by Gasteiger charge is -2.19. The van der Waals surface area contributed by atoms with E-state index in [1.807, 2.05) is 78.5 Å². The van der Waals surface area contributed by atoms with E-state index in [-0.39, 0.29) is 19.1 Å². The summed E-state index contributed by atoms with van der Waals surface area (Å²) in [6.07, 6.45) is 0.450. The Morgan fingerprint density at radius 1 is 1.00 bits per heavy atom. The van der Waals surface area contributed by atoms with Gasteiger partial charge < -0.3 is 25.0 Å². The summed E-state index contributed by atoms with van der Waals surface area (Å²) in [7, 11) is 1.84. The van der Waals surface area contributed by atoms with Crippen LogP contribution in [0.2, 0.25) is 0 Å². The number of ether oxygens (including phenoxy) is 1. The lowest BCUT2D eigenvalue weighted by molar-refractivity contribution is -0.139. The topological polar surface area (TPSA) is 110 Å². The highest BCUT2D eigenvalue weighted by atomic mass is 16.5. The van der Waals surface area contributed by atoms with E-state index in [2.05, 4.69) is 10.6 Å². The molecule has 1 aromatic heterocycles. The van der Waals surface area contributed by atoms with Crippen molar-refractivity contribution in [1.82, 2.24) is 15.2 Å². The maximum Gasteiger partial charge on any atom is 0.407 e. The van der Waals surface area contributed by atoms with Gasteiger partial charge in [0.15, 0.2) is 0 Å². The minimum Gasteiger partial charge on any atom is -0.481 e. The second kappa shape index (κ2) is 9.60. The number of nitrogens with one attached hydrogen (secondary N) is 2. The summed E-state index contributed by atoms with van der Waals surface area (Å²) in [5.41, 5.74) is 5.18. The van der Waals surface area contributed by atoms with Crippen molar-refractivity contribution in [1.29, 1.82) is 0 Å². The van der Waals surface area contributed by atoms with Crippen LogP contribution in [0.25, 0.3) is 11.1 Å². The minimum atomic E-state index is -1.25. The van der Waals surface area contributed by atoms with Crippen LogP contribution in [0.1, 0.15) is 29.2 Å². The SMILES string of the molecule is Cn1cccc1CNC(=O)C(CC(=O)O)NC(=O)OCC1c2ccccc2-c2ccccc21. The van der Waals surface area contributed by atoms with Gasteiger partial charge in [-0.3, -0.25) is 9.59 Å². The number of carbonyl (C=O) groups is 3. The number of amides is 2. The molecule has 8 nitrogen and oxygen atoms in total. The van der Waals surface area contributed by atoms with Crippen LogP contribution in [0.3, 0.4) is 0 Å². The van der Waals surface area contributed by atoms with Gasteiger partial charge >= 0.3 is 12.1 Å². The number of hydrogen-bond donors (Lipinski definition) is 3. The number of carboxylic acids is 1. The number of aromatic nitrogens is 1. The lowest BCUT2D eigenvalue weighted by Crippen LogP contribution is -2.48. The first-order valence-electron chi connectivity index (χ1n) is 10.6. The maximum atomic E-state index is 12.6. The van der Waals surface area contributed by atoms with Crippen LogP contribution in [0, 0.1) is 0 Å². The Kier molecular flexibility index (Phi) is 6.44. The molecule has 0 bridgehead atoms. The van der Waals surface area contributed by atoms with Gasteiger partial charge in [0.2, 0.25) is 5.91 Å². The quantitative estimate of drug-likeness (QED) is 0.492. The maximum absolute atomic E-state index is 12.6. The van der Waals surface area contributed by atoms with Gasteiger partial charge in [-0.15, -0.1) is 0 Å². The molecule has 2 aromatic carbocycles. The van der Waals surface area contributed by atoms with Crippen molar-refractivity contribution in [3.8, 4) is 11.1 Å². The molecule has 0 radical (unpaired) electrons. The fourth-order valence-corrected chi connectivity index (χ4v) is 4.15. The van der Waals surface area contributed by atoms with E-state index in [1.165, 1.54) is 0 Å². The molecule has 170 valence electrons.